The molecule has 0 atom stereocenters. The Hall–Kier alpha value is -1.62. The molecule has 1 aromatic carbocycles. The first-order chi connectivity index (χ1) is 9.58. The molecular formula is C15H21N3OS. The van der Waals surface area contributed by atoms with E-state index in [0.29, 0.717) is 11.5 Å². The van der Waals surface area contributed by atoms with Gasteiger partial charge in [0.15, 0.2) is 0 Å². The molecule has 0 saturated carbocycles. The number of thiocarbonyl (C=S) groups is 1. The maximum atomic E-state index is 12.1. The van der Waals surface area contributed by atoms with E-state index in [9.17, 15) is 4.79 Å². The summed E-state index contributed by atoms with van der Waals surface area (Å²) in [5.74, 6) is 0.139. The van der Waals surface area contributed by atoms with E-state index in [1.807, 2.05) is 30.0 Å². The van der Waals surface area contributed by atoms with E-state index in [4.69, 9.17) is 18.0 Å². The second kappa shape index (κ2) is 6.70. The van der Waals surface area contributed by atoms with E-state index in [1.54, 1.807) is 0 Å². The van der Waals surface area contributed by atoms with Crippen molar-refractivity contribution in [3.63, 3.8) is 0 Å². The van der Waals surface area contributed by atoms with Crippen molar-refractivity contribution in [2.75, 3.05) is 25.0 Å². The molecular weight excluding hydrogens is 270 g/mol. The van der Waals surface area contributed by atoms with Crippen molar-refractivity contribution in [2.24, 2.45) is 5.73 Å². The van der Waals surface area contributed by atoms with Crippen molar-refractivity contribution in [1.29, 1.82) is 0 Å². The highest BCUT2D eigenvalue weighted by molar-refractivity contribution is 7.80. The zero-order valence-corrected chi connectivity index (χ0v) is 12.6. The molecule has 0 aliphatic carbocycles. The molecule has 1 fully saturated rings. The molecule has 5 heteroatoms. The molecule has 4 nitrogen and oxygen atoms in total. The van der Waals surface area contributed by atoms with E-state index in [0.717, 1.165) is 42.7 Å². The first kappa shape index (κ1) is 14.8. The summed E-state index contributed by atoms with van der Waals surface area (Å²) in [7, 11) is 0. The molecule has 0 spiro atoms. The third kappa shape index (κ3) is 3.70. The molecule has 0 aromatic heterocycles. The van der Waals surface area contributed by atoms with Gasteiger partial charge in [0.25, 0.3) is 0 Å². The fourth-order valence-corrected chi connectivity index (χ4v) is 2.62. The summed E-state index contributed by atoms with van der Waals surface area (Å²) in [6.07, 6.45) is 3.43. The molecule has 1 heterocycles. The van der Waals surface area contributed by atoms with Crippen LogP contribution in [0.4, 0.5) is 5.69 Å². The Balaban J connectivity index is 2.01. The lowest BCUT2D eigenvalue weighted by molar-refractivity contribution is -0.130. The van der Waals surface area contributed by atoms with Crippen LogP contribution in [0.2, 0.25) is 0 Å². The van der Waals surface area contributed by atoms with Gasteiger partial charge in [-0.2, -0.15) is 0 Å². The number of carbonyl (C=O) groups excluding carboxylic acids is 1. The molecule has 108 valence electrons. The van der Waals surface area contributed by atoms with Gasteiger partial charge in [0.05, 0.1) is 6.54 Å². The summed E-state index contributed by atoms with van der Waals surface area (Å²) in [6.45, 7) is 4.03. The Labute approximate surface area is 125 Å². The monoisotopic (exact) mass is 291 g/mol. The number of hydrogen-bond donors (Lipinski definition) is 2. The number of rotatable bonds is 4. The molecule has 1 aliphatic rings. The van der Waals surface area contributed by atoms with Crippen LogP contribution in [-0.2, 0) is 4.79 Å². The van der Waals surface area contributed by atoms with Crippen LogP contribution in [0.5, 0.6) is 0 Å². The average molecular weight is 291 g/mol. The quantitative estimate of drug-likeness (QED) is 0.834. The number of piperidine rings is 1. The fraction of sp³-hybridized carbons (Fsp3) is 0.467. The van der Waals surface area contributed by atoms with Gasteiger partial charge < -0.3 is 16.0 Å². The number of nitrogens with zero attached hydrogens (tertiary/aromatic N) is 1. The first-order valence-corrected chi connectivity index (χ1v) is 7.41. The van der Waals surface area contributed by atoms with Gasteiger partial charge in [0.2, 0.25) is 5.91 Å². The van der Waals surface area contributed by atoms with Crippen LogP contribution in [0.3, 0.4) is 0 Å². The molecule has 20 heavy (non-hydrogen) atoms. The summed E-state index contributed by atoms with van der Waals surface area (Å²) < 4.78 is 0. The van der Waals surface area contributed by atoms with E-state index >= 15 is 0 Å². The lowest BCUT2D eigenvalue weighted by Crippen LogP contribution is -2.39. The maximum absolute atomic E-state index is 12.1. The summed E-state index contributed by atoms with van der Waals surface area (Å²) in [6, 6.07) is 5.83. The molecule has 0 radical (unpaired) electrons. The van der Waals surface area contributed by atoms with Crippen molar-refractivity contribution in [3.8, 4) is 0 Å². The first-order valence-electron chi connectivity index (χ1n) is 7.00. The summed E-state index contributed by atoms with van der Waals surface area (Å²) in [4.78, 5) is 14.4. The lowest BCUT2D eigenvalue weighted by Gasteiger charge is -2.27. The highest BCUT2D eigenvalue weighted by Gasteiger charge is 2.16. The minimum atomic E-state index is 0.139. The van der Waals surface area contributed by atoms with Gasteiger partial charge >= 0.3 is 0 Å². The number of anilines is 1. The third-order valence-corrected chi connectivity index (χ3v) is 3.80. The predicted molar refractivity (Wildman–Crippen MR) is 86.0 cm³/mol. The molecule has 2 rings (SSSR count). The molecule has 3 N–H and O–H groups in total. The second-order valence-electron chi connectivity index (χ2n) is 5.21. The Morgan fingerprint density at radius 3 is 2.70 bits per heavy atom. The van der Waals surface area contributed by atoms with Gasteiger partial charge in [0.1, 0.15) is 4.99 Å². The van der Waals surface area contributed by atoms with Crippen molar-refractivity contribution < 1.29 is 4.79 Å². The maximum Gasteiger partial charge on any atom is 0.241 e. The Kier molecular flexibility index (Phi) is 4.95. The predicted octanol–water partition coefficient (Wildman–Crippen LogP) is 2.05. The Morgan fingerprint density at radius 1 is 1.35 bits per heavy atom. The van der Waals surface area contributed by atoms with Gasteiger partial charge in [-0.25, -0.2) is 0 Å². The molecule has 1 saturated heterocycles. The minimum Gasteiger partial charge on any atom is -0.389 e. The highest BCUT2D eigenvalue weighted by atomic mass is 32.1. The van der Waals surface area contributed by atoms with Crippen LogP contribution in [-0.4, -0.2) is 35.4 Å². The summed E-state index contributed by atoms with van der Waals surface area (Å²) in [5.41, 5.74) is 8.44. The number of aryl methyl sites for hydroxylation is 1. The SMILES string of the molecule is Cc1ccc(C(N)=S)c(NCC(=O)N2CCCCC2)c1. The van der Waals surface area contributed by atoms with Crippen LogP contribution in [0.25, 0.3) is 0 Å². The van der Waals surface area contributed by atoms with Gasteiger partial charge in [-0.3, -0.25) is 4.79 Å². The van der Waals surface area contributed by atoms with Crippen molar-refractivity contribution >= 4 is 28.8 Å². The number of hydrogen-bond acceptors (Lipinski definition) is 3. The van der Waals surface area contributed by atoms with Crippen LogP contribution in [0.15, 0.2) is 18.2 Å². The molecule has 1 aliphatic heterocycles. The van der Waals surface area contributed by atoms with Gasteiger partial charge in [-0.15, -0.1) is 0 Å². The standard InChI is InChI=1S/C15H21N3OS/c1-11-5-6-12(15(16)20)13(9-11)17-10-14(19)18-7-3-2-4-8-18/h5-6,9,17H,2-4,7-8,10H2,1H3,(H2,16,20). The number of likely N-dealkylation sites (tertiary alicyclic amines) is 1. The largest absolute Gasteiger partial charge is 0.389 e. The number of nitrogens with two attached hydrogens (primary N) is 1. The molecule has 1 aromatic rings. The molecule has 0 unspecified atom stereocenters. The fourth-order valence-electron chi connectivity index (χ4n) is 2.45. The third-order valence-electron chi connectivity index (χ3n) is 3.58. The molecule has 1 amide bonds. The van der Waals surface area contributed by atoms with Crippen LogP contribution in [0, 0.1) is 6.92 Å². The average Bonchev–Trinajstić information content (AvgIpc) is 2.45. The van der Waals surface area contributed by atoms with Gasteiger partial charge in [-0.1, -0.05) is 18.3 Å². The van der Waals surface area contributed by atoms with Crippen molar-refractivity contribution in [3.05, 3.63) is 29.3 Å². The normalized spacial score (nSPS) is 14.9. The Bertz CT molecular complexity index is 510. The minimum absolute atomic E-state index is 0.139. The van der Waals surface area contributed by atoms with E-state index in [2.05, 4.69) is 5.32 Å². The lowest BCUT2D eigenvalue weighted by atomic mass is 10.1. The van der Waals surface area contributed by atoms with Gasteiger partial charge in [0, 0.05) is 24.3 Å². The van der Waals surface area contributed by atoms with Crippen molar-refractivity contribution in [1.82, 2.24) is 4.90 Å². The number of carbonyl (C=O) groups is 1. The smallest absolute Gasteiger partial charge is 0.241 e. The summed E-state index contributed by atoms with van der Waals surface area (Å²) in [5, 5.41) is 3.17. The van der Waals surface area contributed by atoms with Crippen LogP contribution < -0.4 is 11.1 Å². The number of benzene rings is 1. The van der Waals surface area contributed by atoms with E-state index in [1.165, 1.54) is 6.42 Å². The number of nitrogens with one attached hydrogen (secondary N) is 1. The number of amides is 1. The Morgan fingerprint density at radius 2 is 2.05 bits per heavy atom. The zero-order chi connectivity index (χ0) is 14.5. The van der Waals surface area contributed by atoms with E-state index in [-0.39, 0.29) is 5.91 Å². The highest BCUT2D eigenvalue weighted by Crippen LogP contribution is 2.18. The molecule has 0 bridgehead atoms. The van der Waals surface area contributed by atoms with Crippen LogP contribution in [0.1, 0.15) is 30.4 Å². The van der Waals surface area contributed by atoms with Crippen molar-refractivity contribution in [2.45, 2.75) is 26.2 Å². The topological polar surface area (TPSA) is 58.4 Å². The summed E-state index contributed by atoms with van der Waals surface area (Å²) >= 11 is 5.04. The second-order valence-corrected chi connectivity index (χ2v) is 5.65. The van der Waals surface area contributed by atoms with E-state index < -0.39 is 0 Å². The zero-order valence-electron chi connectivity index (χ0n) is 11.8. The van der Waals surface area contributed by atoms with Gasteiger partial charge in [-0.05, 0) is 43.9 Å². The van der Waals surface area contributed by atoms with Crippen LogP contribution >= 0.6 is 12.2 Å².